The lowest BCUT2D eigenvalue weighted by Gasteiger charge is -2.07. The average molecular weight is 658 g/mol. The zero-order valence-corrected chi connectivity index (χ0v) is 33.1. The maximum Gasteiger partial charge on any atom is 0.256 e. The molecule has 1 aromatic rings. The predicted octanol–water partition coefficient (Wildman–Crippen LogP) is 15.4. The smallest absolute Gasteiger partial charge is 0.234 e. The van der Waals surface area contributed by atoms with Gasteiger partial charge in [0.2, 0.25) is 0 Å². The van der Waals surface area contributed by atoms with Crippen LogP contribution in [0.3, 0.4) is 0 Å². The molecule has 0 radical (unpaired) electrons. The van der Waals surface area contributed by atoms with Gasteiger partial charge in [-0.25, -0.2) is 9.13 Å². The summed E-state index contributed by atoms with van der Waals surface area (Å²) in [6, 6.07) is 0. The van der Waals surface area contributed by atoms with Crippen LogP contribution in [0.25, 0.3) is 0 Å². The highest BCUT2D eigenvalue weighted by atomic mass is 15.1. The van der Waals surface area contributed by atoms with Crippen molar-refractivity contribution in [3.63, 3.8) is 0 Å². The van der Waals surface area contributed by atoms with Crippen LogP contribution in [0.1, 0.15) is 258 Å². The van der Waals surface area contributed by atoms with Crippen molar-refractivity contribution in [1.82, 2.24) is 4.57 Å². The van der Waals surface area contributed by atoms with Gasteiger partial charge in [0.1, 0.15) is 12.4 Å². The molecule has 0 bridgehead atoms. The third kappa shape index (κ3) is 28.7. The predicted molar refractivity (Wildman–Crippen MR) is 212 cm³/mol. The first-order valence-corrected chi connectivity index (χ1v) is 22.4. The van der Waals surface area contributed by atoms with Crippen molar-refractivity contribution in [2.75, 3.05) is 0 Å². The third-order valence-corrected chi connectivity index (χ3v) is 10.8. The van der Waals surface area contributed by atoms with Crippen LogP contribution in [0.5, 0.6) is 0 Å². The Labute approximate surface area is 298 Å². The molecule has 47 heavy (non-hydrogen) atoms. The van der Waals surface area contributed by atoms with Crippen LogP contribution in [-0.4, -0.2) is 4.57 Å². The molecule has 0 aromatic carbocycles. The molecule has 0 aliphatic carbocycles. The van der Waals surface area contributed by atoms with Gasteiger partial charge < -0.3 is 0 Å². The van der Waals surface area contributed by atoms with Gasteiger partial charge in [-0.15, -0.1) is 0 Å². The van der Waals surface area contributed by atoms with E-state index in [1.807, 2.05) is 0 Å². The molecule has 0 unspecified atom stereocenters. The standard InChI is InChI=1S/C45H89N2/c1-4-7-10-13-16-19-21-22-23-24-25-27-30-33-36-39-42-47-44-43-46(41-38-35-32-29-18-15-12-9-6-3)45(47)40-37-34-31-28-26-20-17-14-11-8-5-2/h43-44H,4-42H2,1-3H3/q+1. The molecule has 0 spiro atoms. The number of rotatable bonds is 39. The van der Waals surface area contributed by atoms with Gasteiger partial charge in [-0.3, -0.25) is 0 Å². The van der Waals surface area contributed by atoms with Crippen molar-refractivity contribution in [2.24, 2.45) is 0 Å². The highest BCUT2D eigenvalue weighted by molar-refractivity contribution is 4.84. The fourth-order valence-corrected chi connectivity index (χ4v) is 7.56. The molecule has 2 nitrogen and oxygen atoms in total. The van der Waals surface area contributed by atoms with Gasteiger partial charge in [-0.2, -0.15) is 0 Å². The number of aromatic nitrogens is 2. The van der Waals surface area contributed by atoms with Gasteiger partial charge in [-0.1, -0.05) is 220 Å². The van der Waals surface area contributed by atoms with E-state index >= 15 is 0 Å². The lowest BCUT2D eigenvalue weighted by molar-refractivity contribution is -0.704. The Morgan fingerprint density at radius 2 is 0.660 bits per heavy atom. The fourth-order valence-electron chi connectivity index (χ4n) is 7.56. The van der Waals surface area contributed by atoms with Gasteiger partial charge in [-0.05, 0) is 32.1 Å². The van der Waals surface area contributed by atoms with Crippen LogP contribution < -0.4 is 4.57 Å². The molecule has 0 aliphatic heterocycles. The number of imidazole rings is 1. The van der Waals surface area contributed by atoms with Gasteiger partial charge in [0, 0.05) is 6.42 Å². The Balaban J connectivity index is 2.24. The van der Waals surface area contributed by atoms with Gasteiger partial charge in [0.15, 0.2) is 0 Å². The van der Waals surface area contributed by atoms with Crippen molar-refractivity contribution >= 4 is 0 Å². The monoisotopic (exact) mass is 658 g/mol. The summed E-state index contributed by atoms with van der Waals surface area (Å²) >= 11 is 0. The summed E-state index contributed by atoms with van der Waals surface area (Å²) < 4.78 is 5.29. The van der Waals surface area contributed by atoms with Gasteiger partial charge >= 0.3 is 0 Å². The second-order valence-electron chi connectivity index (χ2n) is 15.5. The maximum atomic E-state index is 2.65. The second kappa shape index (κ2) is 36.5. The van der Waals surface area contributed by atoms with Crippen molar-refractivity contribution in [3.05, 3.63) is 18.2 Å². The van der Waals surface area contributed by atoms with Crippen molar-refractivity contribution in [3.8, 4) is 0 Å². The Hall–Kier alpha value is -0.790. The first kappa shape index (κ1) is 44.2. The highest BCUT2D eigenvalue weighted by Crippen LogP contribution is 2.16. The van der Waals surface area contributed by atoms with Crippen LogP contribution in [0.2, 0.25) is 0 Å². The number of hydrogen-bond donors (Lipinski definition) is 0. The molecule has 0 saturated carbocycles. The molecule has 0 saturated heterocycles. The molecule has 2 heteroatoms. The summed E-state index contributed by atoms with van der Waals surface area (Å²) in [6.07, 6.45) is 57.8. The topological polar surface area (TPSA) is 8.81 Å². The van der Waals surface area contributed by atoms with Crippen LogP contribution in [0.15, 0.2) is 12.4 Å². The Morgan fingerprint density at radius 3 is 1.02 bits per heavy atom. The average Bonchev–Trinajstić information content (AvgIpc) is 3.47. The minimum absolute atomic E-state index is 1.23. The van der Waals surface area contributed by atoms with Gasteiger partial charge in [0.05, 0.1) is 13.1 Å². The van der Waals surface area contributed by atoms with Crippen LogP contribution in [0, 0.1) is 0 Å². The molecule has 0 atom stereocenters. The molecule has 1 aromatic heterocycles. The molecule has 0 amide bonds. The molecule has 1 heterocycles. The van der Waals surface area contributed by atoms with E-state index in [1.165, 1.54) is 251 Å². The van der Waals surface area contributed by atoms with Crippen molar-refractivity contribution < 1.29 is 4.57 Å². The van der Waals surface area contributed by atoms with E-state index in [4.69, 9.17) is 0 Å². The Morgan fingerprint density at radius 1 is 0.362 bits per heavy atom. The molecule has 0 fully saturated rings. The zero-order chi connectivity index (χ0) is 33.7. The molecule has 1 rings (SSSR count). The van der Waals surface area contributed by atoms with E-state index in [1.54, 1.807) is 5.82 Å². The number of hydrogen-bond acceptors (Lipinski definition) is 0. The molecular weight excluding hydrogens is 569 g/mol. The summed E-state index contributed by atoms with van der Waals surface area (Å²) in [6.45, 7) is 9.41. The first-order chi connectivity index (χ1) is 23.3. The summed E-state index contributed by atoms with van der Waals surface area (Å²) in [5.41, 5.74) is 0. The molecular formula is C45H89N2+. The minimum Gasteiger partial charge on any atom is -0.234 e. The van der Waals surface area contributed by atoms with Crippen molar-refractivity contribution in [2.45, 2.75) is 271 Å². The maximum absolute atomic E-state index is 2.65. The zero-order valence-electron chi connectivity index (χ0n) is 33.1. The summed E-state index contributed by atoms with van der Waals surface area (Å²) in [5, 5.41) is 0. The number of nitrogens with zero attached hydrogens (tertiary/aromatic N) is 2. The van der Waals surface area contributed by atoms with E-state index < -0.39 is 0 Å². The SMILES string of the molecule is CCCCCCCCCCCCCCCCCCn1cc[n+](CCCCCCCCCCC)c1CCCCCCCCCCCCC. The fraction of sp³-hybridized carbons (Fsp3) is 0.933. The van der Waals surface area contributed by atoms with E-state index in [0.717, 1.165) is 0 Å². The summed E-state index contributed by atoms with van der Waals surface area (Å²) in [4.78, 5) is 0. The first-order valence-electron chi connectivity index (χ1n) is 22.4. The Bertz CT molecular complexity index is 722. The van der Waals surface area contributed by atoms with Crippen LogP contribution in [0.4, 0.5) is 0 Å². The normalized spacial score (nSPS) is 11.6. The van der Waals surface area contributed by atoms with Crippen molar-refractivity contribution in [1.29, 1.82) is 0 Å². The number of unbranched alkanes of at least 4 members (excludes halogenated alkanes) is 33. The second-order valence-corrected chi connectivity index (χ2v) is 15.5. The number of aryl methyl sites for hydroxylation is 2. The van der Waals surface area contributed by atoms with E-state index in [2.05, 4.69) is 42.3 Å². The highest BCUT2D eigenvalue weighted by Gasteiger charge is 2.16. The quantitative estimate of drug-likeness (QED) is 0.0492. The largest absolute Gasteiger partial charge is 0.256 e. The minimum atomic E-state index is 1.23. The van der Waals surface area contributed by atoms with E-state index in [-0.39, 0.29) is 0 Å². The van der Waals surface area contributed by atoms with Crippen LogP contribution >= 0.6 is 0 Å². The van der Waals surface area contributed by atoms with Gasteiger partial charge in [0.25, 0.3) is 5.82 Å². The van der Waals surface area contributed by atoms with E-state index in [0.29, 0.717) is 0 Å². The Kier molecular flexibility index (Phi) is 34.3. The lowest BCUT2D eigenvalue weighted by atomic mass is 10.0. The summed E-state index contributed by atoms with van der Waals surface area (Å²) in [7, 11) is 0. The molecule has 278 valence electrons. The van der Waals surface area contributed by atoms with Crippen LogP contribution in [-0.2, 0) is 19.5 Å². The summed E-state index contributed by atoms with van der Waals surface area (Å²) in [5.74, 6) is 1.63. The third-order valence-electron chi connectivity index (χ3n) is 10.8. The van der Waals surface area contributed by atoms with E-state index in [9.17, 15) is 0 Å². The lowest BCUT2D eigenvalue weighted by Crippen LogP contribution is -2.37. The molecule has 0 aliphatic rings. The molecule has 0 N–H and O–H groups in total.